The fourth-order valence-corrected chi connectivity index (χ4v) is 1.22. The van der Waals surface area contributed by atoms with Crippen LogP contribution in [0.3, 0.4) is 0 Å². The van der Waals surface area contributed by atoms with Crippen LogP contribution in [0.15, 0.2) is 12.1 Å². The van der Waals surface area contributed by atoms with Gasteiger partial charge in [-0.3, -0.25) is 0 Å². The van der Waals surface area contributed by atoms with Crippen molar-refractivity contribution >= 4 is 11.7 Å². The number of hydrogen-bond donors (Lipinski definition) is 1. The Labute approximate surface area is 91.3 Å². The van der Waals surface area contributed by atoms with Crippen molar-refractivity contribution in [3.05, 3.63) is 29.3 Å². The van der Waals surface area contributed by atoms with Gasteiger partial charge in [-0.25, -0.2) is 13.6 Å². The zero-order valence-corrected chi connectivity index (χ0v) is 8.50. The first-order valence-electron chi connectivity index (χ1n) is 4.35. The molecule has 0 atom stereocenters. The van der Waals surface area contributed by atoms with Gasteiger partial charge in [0.1, 0.15) is 0 Å². The number of hydrogen-bond acceptors (Lipinski definition) is 2. The highest BCUT2D eigenvalue weighted by Crippen LogP contribution is 2.23. The van der Waals surface area contributed by atoms with Crippen molar-refractivity contribution in [2.45, 2.75) is 0 Å². The Balaban J connectivity index is 3.22. The number of terminal acetylenes is 1. The van der Waals surface area contributed by atoms with E-state index in [1.807, 2.05) is 0 Å². The number of carboxylic acid groups (broad SMARTS) is 1. The summed E-state index contributed by atoms with van der Waals surface area (Å²) >= 11 is 0. The molecule has 5 heteroatoms. The molecule has 1 aromatic carbocycles. The van der Waals surface area contributed by atoms with Gasteiger partial charge in [-0.2, -0.15) is 0 Å². The number of benzene rings is 1. The first-order valence-corrected chi connectivity index (χ1v) is 4.35. The molecule has 0 heterocycles. The van der Waals surface area contributed by atoms with E-state index >= 15 is 0 Å². The van der Waals surface area contributed by atoms with Gasteiger partial charge in [0.05, 0.1) is 17.8 Å². The summed E-state index contributed by atoms with van der Waals surface area (Å²) in [6, 6.07) is 2.18. The third kappa shape index (κ3) is 2.11. The molecule has 1 rings (SSSR count). The molecule has 0 saturated heterocycles. The summed E-state index contributed by atoms with van der Waals surface area (Å²) < 4.78 is 26.7. The smallest absolute Gasteiger partial charge is 0.338 e. The highest BCUT2D eigenvalue weighted by Gasteiger charge is 2.19. The van der Waals surface area contributed by atoms with Crippen LogP contribution in [0.4, 0.5) is 14.5 Å². The lowest BCUT2D eigenvalue weighted by molar-refractivity contribution is 0.0690. The Morgan fingerprint density at radius 1 is 1.50 bits per heavy atom. The van der Waals surface area contributed by atoms with Gasteiger partial charge in [0.25, 0.3) is 0 Å². The van der Waals surface area contributed by atoms with E-state index in [0.29, 0.717) is 0 Å². The maximum absolute atomic E-state index is 13.4. The van der Waals surface area contributed by atoms with Gasteiger partial charge in [0, 0.05) is 7.05 Å². The molecule has 0 aliphatic carbocycles. The standard InChI is InChI=1S/C11H9F2NO2/c1-3-6-14(2)8-5-4-7(11(15)16)9(12)10(8)13/h1,4-5H,6H2,2H3,(H,15,16). The predicted octanol–water partition coefficient (Wildman–Crippen LogP) is 1.73. The minimum absolute atomic E-state index is 0.0690. The first-order chi connectivity index (χ1) is 7.49. The van der Waals surface area contributed by atoms with E-state index in [4.69, 9.17) is 11.5 Å². The molecular formula is C11H9F2NO2. The van der Waals surface area contributed by atoms with Crippen LogP contribution in [-0.2, 0) is 0 Å². The van der Waals surface area contributed by atoms with Gasteiger partial charge >= 0.3 is 5.97 Å². The first kappa shape index (κ1) is 12.0. The molecule has 0 fully saturated rings. The molecule has 0 radical (unpaired) electrons. The predicted molar refractivity (Wildman–Crippen MR) is 55.4 cm³/mol. The molecule has 0 spiro atoms. The van der Waals surface area contributed by atoms with E-state index in [9.17, 15) is 13.6 Å². The van der Waals surface area contributed by atoms with Crippen molar-refractivity contribution < 1.29 is 18.7 Å². The topological polar surface area (TPSA) is 40.5 Å². The van der Waals surface area contributed by atoms with Crippen LogP contribution >= 0.6 is 0 Å². The normalized spacial score (nSPS) is 9.62. The molecule has 0 aromatic heterocycles. The van der Waals surface area contributed by atoms with Gasteiger partial charge in [-0.15, -0.1) is 6.42 Å². The van der Waals surface area contributed by atoms with Gasteiger partial charge in [-0.05, 0) is 12.1 Å². The van der Waals surface area contributed by atoms with E-state index in [2.05, 4.69) is 5.92 Å². The number of aromatic carboxylic acids is 1. The van der Waals surface area contributed by atoms with Crippen LogP contribution in [-0.4, -0.2) is 24.7 Å². The summed E-state index contributed by atoms with van der Waals surface area (Å²) in [7, 11) is 1.48. The number of halogens is 2. The van der Waals surface area contributed by atoms with Crippen LogP contribution < -0.4 is 4.90 Å². The monoisotopic (exact) mass is 225 g/mol. The summed E-state index contributed by atoms with van der Waals surface area (Å²) in [5.74, 6) is -1.83. The number of rotatable bonds is 3. The number of anilines is 1. The molecule has 0 aliphatic rings. The minimum Gasteiger partial charge on any atom is -0.478 e. The molecule has 0 aliphatic heterocycles. The molecule has 16 heavy (non-hydrogen) atoms. The highest BCUT2D eigenvalue weighted by atomic mass is 19.2. The highest BCUT2D eigenvalue weighted by molar-refractivity contribution is 5.88. The van der Waals surface area contributed by atoms with Crippen LogP contribution in [0.25, 0.3) is 0 Å². The third-order valence-corrected chi connectivity index (χ3v) is 2.03. The fraction of sp³-hybridized carbons (Fsp3) is 0.182. The zero-order valence-electron chi connectivity index (χ0n) is 8.50. The average molecular weight is 225 g/mol. The lowest BCUT2D eigenvalue weighted by Crippen LogP contribution is -2.19. The van der Waals surface area contributed by atoms with Crippen LogP contribution in [0.5, 0.6) is 0 Å². The van der Waals surface area contributed by atoms with Crippen molar-refractivity contribution in [1.82, 2.24) is 0 Å². The summed E-state index contributed by atoms with van der Waals surface area (Å²) in [5.41, 5.74) is -0.768. The number of carboxylic acids is 1. The Kier molecular flexibility index (Phi) is 3.46. The lowest BCUT2D eigenvalue weighted by atomic mass is 10.1. The van der Waals surface area contributed by atoms with E-state index < -0.39 is 23.2 Å². The quantitative estimate of drug-likeness (QED) is 0.796. The van der Waals surface area contributed by atoms with Gasteiger partial charge < -0.3 is 10.0 Å². The SMILES string of the molecule is C#CCN(C)c1ccc(C(=O)O)c(F)c1F. The molecule has 1 N–H and O–H groups in total. The lowest BCUT2D eigenvalue weighted by Gasteiger charge is -2.17. The summed E-state index contributed by atoms with van der Waals surface area (Å²) in [4.78, 5) is 11.8. The second kappa shape index (κ2) is 4.62. The van der Waals surface area contributed by atoms with Crippen LogP contribution in [0.1, 0.15) is 10.4 Å². The van der Waals surface area contributed by atoms with Crippen molar-refractivity contribution in [2.24, 2.45) is 0 Å². The van der Waals surface area contributed by atoms with Crippen LogP contribution in [0.2, 0.25) is 0 Å². The summed E-state index contributed by atoms with van der Waals surface area (Å²) in [6.07, 6.45) is 5.03. The molecule has 0 bridgehead atoms. The van der Waals surface area contributed by atoms with Gasteiger partial charge in [-0.1, -0.05) is 5.92 Å². The summed E-state index contributed by atoms with van der Waals surface area (Å²) in [6.45, 7) is 0.1000. The molecule has 84 valence electrons. The Morgan fingerprint density at radius 3 is 2.62 bits per heavy atom. The number of nitrogens with zero attached hydrogens (tertiary/aromatic N) is 1. The third-order valence-electron chi connectivity index (χ3n) is 2.03. The molecule has 3 nitrogen and oxygen atoms in total. The van der Waals surface area contributed by atoms with E-state index in [0.717, 1.165) is 6.07 Å². The molecule has 0 amide bonds. The van der Waals surface area contributed by atoms with E-state index in [-0.39, 0.29) is 12.2 Å². The molecule has 1 aromatic rings. The van der Waals surface area contributed by atoms with Crippen molar-refractivity contribution in [2.75, 3.05) is 18.5 Å². The Morgan fingerprint density at radius 2 is 2.12 bits per heavy atom. The summed E-state index contributed by atoms with van der Waals surface area (Å²) in [5, 5.41) is 8.57. The van der Waals surface area contributed by atoms with Crippen molar-refractivity contribution in [3.8, 4) is 12.3 Å². The molecule has 0 unspecified atom stereocenters. The maximum Gasteiger partial charge on any atom is 0.338 e. The Hall–Kier alpha value is -2.09. The number of carbonyl (C=O) groups is 1. The van der Waals surface area contributed by atoms with Gasteiger partial charge in [0.2, 0.25) is 0 Å². The fourth-order valence-electron chi connectivity index (χ4n) is 1.22. The van der Waals surface area contributed by atoms with Crippen LogP contribution in [0, 0.1) is 24.0 Å². The Bertz CT molecular complexity index is 466. The molecule has 0 saturated carbocycles. The van der Waals surface area contributed by atoms with E-state index in [1.165, 1.54) is 18.0 Å². The van der Waals surface area contributed by atoms with Crippen molar-refractivity contribution in [1.29, 1.82) is 0 Å². The van der Waals surface area contributed by atoms with Gasteiger partial charge in [0.15, 0.2) is 11.6 Å². The minimum atomic E-state index is -1.51. The second-order valence-corrected chi connectivity index (χ2v) is 3.13. The maximum atomic E-state index is 13.4. The average Bonchev–Trinajstić information content (AvgIpc) is 2.21. The zero-order chi connectivity index (χ0) is 12.3. The van der Waals surface area contributed by atoms with Crippen molar-refractivity contribution in [3.63, 3.8) is 0 Å². The second-order valence-electron chi connectivity index (χ2n) is 3.13. The van der Waals surface area contributed by atoms with E-state index in [1.54, 1.807) is 0 Å². The largest absolute Gasteiger partial charge is 0.478 e. The molecular weight excluding hydrogens is 216 g/mol.